The Hall–Kier alpha value is -4.46. The highest BCUT2D eigenvalue weighted by molar-refractivity contribution is 6.31. The number of carbonyl (C=O) groups is 2. The molecule has 0 unspecified atom stereocenters. The van der Waals surface area contributed by atoms with Crippen molar-refractivity contribution in [2.24, 2.45) is 0 Å². The maximum Gasteiger partial charge on any atom is 0.227 e. The molecule has 2 aliphatic carbocycles. The smallest absolute Gasteiger partial charge is 0.227 e. The number of piperidine rings is 2. The number of pyridine rings is 2. The molecule has 2 aromatic heterocycles. The molecular weight excluding hydrogens is 679 g/mol. The van der Waals surface area contributed by atoms with Crippen LogP contribution in [-0.2, 0) is 35.3 Å². The van der Waals surface area contributed by atoms with Gasteiger partial charge >= 0.3 is 0 Å². The number of benzene rings is 2. The van der Waals surface area contributed by atoms with Crippen molar-refractivity contribution in [3.8, 4) is 0 Å². The predicted molar refractivity (Wildman–Crippen MR) is 202 cm³/mol. The lowest BCUT2D eigenvalue weighted by Crippen LogP contribution is -2.36. The van der Waals surface area contributed by atoms with Crippen LogP contribution >= 0.6 is 23.2 Å². The second kappa shape index (κ2) is 15.0. The Kier molecular flexibility index (Phi) is 10.3. The van der Waals surface area contributed by atoms with E-state index in [0.717, 1.165) is 107 Å². The third-order valence-corrected chi connectivity index (χ3v) is 11.2. The van der Waals surface area contributed by atoms with Gasteiger partial charge in [0.25, 0.3) is 0 Å². The molecule has 2 amide bonds. The van der Waals surface area contributed by atoms with E-state index >= 15 is 0 Å². The van der Waals surface area contributed by atoms with E-state index in [1.54, 1.807) is 20.0 Å². The van der Waals surface area contributed by atoms with Gasteiger partial charge in [-0.3, -0.25) is 14.6 Å². The fourth-order valence-corrected chi connectivity index (χ4v) is 8.48. The number of aromatic nitrogens is 2. The minimum absolute atomic E-state index is 0.112. The number of nitrogens with zero attached hydrogens (tertiary/aromatic N) is 4. The van der Waals surface area contributed by atoms with E-state index in [4.69, 9.17) is 28.2 Å². The molecule has 2 fully saturated rings. The number of rotatable bonds is 0. The van der Waals surface area contributed by atoms with Gasteiger partial charge in [0.2, 0.25) is 17.5 Å². The molecule has 2 aromatic carbocycles. The Morgan fingerprint density at radius 3 is 1.71 bits per heavy atom. The summed E-state index contributed by atoms with van der Waals surface area (Å²) in [5.41, 5.74) is 14.1. The van der Waals surface area contributed by atoms with Gasteiger partial charge in [-0.15, -0.1) is 0 Å². The summed E-state index contributed by atoms with van der Waals surface area (Å²) >= 11 is 12.5. The fourth-order valence-electron chi connectivity index (χ4n) is 8.09. The maximum atomic E-state index is 12.7. The standard InChI is InChI=1S/C21H21ClN2O2.C21H21ClN2O/c1-14(25)23-11-8-15(9-12-23)20-19-7-6-18(22)13-17(19)5-4-16-3-2-10-24(26)21(16)20;1-14(25)24-11-8-15(9-12-24)20-19-7-6-18(22)13-17(19)5-4-16-3-2-10-23-21(16)20/h2-3,6-7,10,13H,4-5,8-9,11-12H2,1H3;2-3,6-7,10,13H,4-5,8-9,11-12H2,1H3. The number of hydrogen-bond donors (Lipinski definition) is 0. The van der Waals surface area contributed by atoms with Crippen LogP contribution in [0.1, 0.15) is 84.3 Å². The van der Waals surface area contributed by atoms with Gasteiger partial charge in [0.05, 0.1) is 11.3 Å². The average molecular weight is 722 g/mol. The normalized spacial score (nSPS) is 16.9. The van der Waals surface area contributed by atoms with Gasteiger partial charge in [0.1, 0.15) is 0 Å². The first kappa shape index (κ1) is 35.0. The van der Waals surface area contributed by atoms with Gasteiger partial charge in [-0.05, 0) is 116 Å². The van der Waals surface area contributed by atoms with E-state index in [1.807, 2.05) is 58.5 Å². The van der Waals surface area contributed by atoms with E-state index in [1.165, 1.54) is 39.0 Å². The molecule has 4 heterocycles. The Morgan fingerprint density at radius 2 is 1.14 bits per heavy atom. The number of halogens is 2. The molecule has 4 aliphatic rings. The Morgan fingerprint density at radius 1 is 0.647 bits per heavy atom. The lowest BCUT2D eigenvalue weighted by atomic mass is 9.88. The second-order valence-electron chi connectivity index (χ2n) is 13.8. The van der Waals surface area contributed by atoms with Crippen molar-refractivity contribution in [1.29, 1.82) is 0 Å². The maximum absolute atomic E-state index is 12.7. The zero-order valence-corrected chi connectivity index (χ0v) is 30.7. The highest BCUT2D eigenvalue weighted by Gasteiger charge is 2.30. The summed E-state index contributed by atoms with van der Waals surface area (Å²) < 4.78 is 0.999. The summed E-state index contributed by atoms with van der Waals surface area (Å²) in [6.45, 7) is 6.26. The molecule has 0 N–H and O–H groups in total. The number of fused-ring (bicyclic) bond motifs is 4. The molecule has 9 heteroatoms. The fraction of sp³-hybridized carbons (Fsp3) is 0.333. The van der Waals surface area contributed by atoms with Gasteiger partial charge in [-0.2, -0.15) is 4.73 Å². The number of likely N-dealkylation sites (tertiary alicyclic amines) is 2. The molecule has 0 atom stereocenters. The number of carbonyl (C=O) groups excluding carboxylic acids is 2. The van der Waals surface area contributed by atoms with Crippen molar-refractivity contribution < 1.29 is 14.3 Å². The number of aryl methyl sites for hydroxylation is 4. The third-order valence-electron chi connectivity index (χ3n) is 10.7. The van der Waals surface area contributed by atoms with Crippen molar-refractivity contribution >= 4 is 46.2 Å². The van der Waals surface area contributed by atoms with E-state index < -0.39 is 0 Å². The molecule has 51 heavy (non-hydrogen) atoms. The van der Waals surface area contributed by atoms with Crippen LogP contribution in [0.4, 0.5) is 0 Å². The summed E-state index contributed by atoms with van der Waals surface area (Å²) in [6, 6.07) is 20.2. The summed E-state index contributed by atoms with van der Waals surface area (Å²) in [4.78, 5) is 31.9. The lowest BCUT2D eigenvalue weighted by Gasteiger charge is -2.29. The first-order valence-electron chi connectivity index (χ1n) is 17.9. The first-order chi connectivity index (χ1) is 24.7. The van der Waals surface area contributed by atoms with Crippen molar-refractivity contribution in [3.63, 3.8) is 0 Å². The monoisotopic (exact) mass is 720 g/mol. The van der Waals surface area contributed by atoms with Crippen molar-refractivity contribution in [2.75, 3.05) is 26.2 Å². The van der Waals surface area contributed by atoms with Crippen LogP contribution in [0, 0.1) is 5.21 Å². The molecule has 7 nitrogen and oxygen atoms in total. The Balaban J connectivity index is 0.000000159. The van der Waals surface area contributed by atoms with Gasteiger partial charge in [0.15, 0.2) is 6.20 Å². The lowest BCUT2D eigenvalue weighted by molar-refractivity contribution is -0.608. The quantitative estimate of drug-likeness (QED) is 0.137. The van der Waals surface area contributed by atoms with Gasteiger partial charge < -0.3 is 15.0 Å². The molecule has 4 aromatic rings. The zero-order chi connectivity index (χ0) is 35.6. The van der Waals surface area contributed by atoms with Gasteiger partial charge in [0, 0.05) is 73.5 Å². The highest BCUT2D eigenvalue weighted by Crippen LogP contribution is 2.40. The van der Waals surface area contributed by atoms with E-state index in [9.17, 15) is 14.8 Å². The minimum Gasteiger partial charge on any atom is -0.618 e. The molecule has 262 valence electrons. The van der Waals surface area contributed by atoms with E-state index in [-0.39, 0.29) is 11.8 Å². The van der Waals surface area contributed by atoms with Crippen molar-refractivity contribution in [1.82, 2.24) is 14.8 Å². The van der Waals surface area contributed by atoms with Crippen LogP contribution in [-0.4, -0.2) is 52.8 Å². The van der Waals surface area contributed by atoms with Crippen molar-refractivity contribution in [3.05, 3.63) is 144 Å². The van der Waals surface area contributed by atoms with Crippen molar-refractivity contribution in [2.45, 2.75) is 65.2 Å². The Bertz CT molecular complexity index is 2070. The summed E-state index contributed by atoms with van der Waals surface area (Å²) in [7, 11) is 0. The topological polar surface area (TPSA) is 80.4 Å². The highest BCUT2D eigenvalue weighted by atomic mass is 35.5. The van der Waals surface area contributed by atoms with E-state index in [2.05, 4.69) is 18.2 Å². The molecule has 0 bridgehead atoms. The van der Waals surface area contributed by atoms with Crippen LogP contribution in [0.25, 0.3) is 11.1 Å². The van der Waals surface area contributed by atoms with Crippen LogP contribution in [0.15, 0.2) is 84.2 Å². The molecule has 0 radical (unpaired) electrons. The largest absolute Gasteiger partial charge is 0.618 e. The van der Waals surface area contributed by atoms with Crippen LogP contribution in [0.2, 0.25) is 10.0 Å². The van der Waals surface area contributed by atoms with Crippen LogP contribution in [0.5, 0.6) is 0 Å². The summed E-state index contributed by atoms with van der Waals surface area (Å²) in [5, 5.41) is 14.2. The Labute approximate surface area is 309 Å². The molecule has 2 saturated heterocycles. The van der Waals surface area contributed by atoms with Gasteiger partial charge in [-0.1, -0.05) is 52.5 Å². The van der Waals surface area contributed by atoms with Gasteiger partial charge in [-0.25, -0.2) is 0 Å². The zero-order valence-electron chi connectivity index (χ0n) is 29.2. The number of amides is 2. The molecule has 2 aliphatic heterocycles. The summed E-state index contributed by atoms with van der Waals surface area (Å²) in [6.07, 6.45) is 10.5. The molecule has 0 spiro atoms. The molecule has 0 saturated carbocycles. The third kappa shape index (κ3) is 7.33. The first-order valence-corrected chi connectivity index (χ1v) is 18.6. The predicted octanol–water partition coefficient (Wildman–Crippen LogP) is 7.79. The average Bonchev–Trinajstić information content (AvgIpc) is 3.40. The molecular formula is C42H42Cl2N4O3. The number of hydrogen-bond acceptors (Lipinski definition) is 4. The van der Waals surface area contributed by atoms with E-state index in [0.29, 0.717) is 13.1 Å². The van der Waals surface area contributed by atoms with Crippen LogP contribution < -0.4 is 4.73 Å². The second-order valence-corrected chi connectivity index (χ2v) is 14.7. The minimum atomic E-state index is 0.112. The van der Waals surface area contributed by atoms with Crippen LogP contribution in [0.3, 0.4) is 0 Å². The SMILES string of the molecule is CC(=O)N1CCC(=C2c3ccc(Cl)cc3CCc3ccc[n+]([O-])c32)CC1.CC(=O)N1CCC(=C2c3ccc(Cl)cc3CCc3cccnc32)CC1. The summed E-state index contributed by atoms with van der Waals surface area (Å²) in [5.74, 6) is 0.275. The molecule has 8 rings (SSSR count).